The fraction of sp³-hybridized carbons (Fsp3) is 1.00. The predicted octanol–water partition coefficient (Wildman–Crippen LogP) is 5.11. The van der Waals surface area contributed by atoms with Gasteiger partial charge in [0.2, 0.25) is 0 Å². The second-order valence-electron chi connectivity index (χ2n) is 10.7. The SMILES string of the molecule is C1CCC(N[Si](NC2CCCCC2)(NC2CCCCC2)NC2CCCCC2)CC1. The molecule has 4 nitrogen and oxygen atoms in total. The molecule has 4 fully saturated rings. The Hall–Kier alpha value is 0.0569. The molecule has 0 bridgehead atoms. The monoisotopic (exact) mass is 420 g/mol. The molecule has 0 amide bonds. The quantitative estimate of drug-likeness (QED) is 0.412. The van der Waals surface area contributed by atoms with Crippen LogP contribution in [0.3, 0.4) is 0 Å². The Kier molecular flexibility index (Phi) is 8.91. The summed E-state index contributed by atoms with van der Waals surface area (Å²) >= 11 is 0. The first-order valence-electron chi connectivity index (χ1n) is 13.4. The van der Waals surface area contributed by atoms with Gasteiger partial charge in [0.05, 0.1) is 0 Å². The Balaban J connectivity index is 1.51. The summed E-state index contributed by atoms with van der Waals surface area (Å²) in [5, 5.41) is 0. The van der Waals surface area contributed by atoms with Crippen molar-refractivity contribution < 1.29 is 0 Å². The molecule has 168 valence electrons. The van der Waals surface area contributed by atoms with Gasteiger partial charge in [0.15, 0.2) is 0 Å². The van der Waals surface area contributed by atoms with E-state index in [-0.39, 0.29) is 0 Å². The molecule has 0 heterocycles. The normalized spacial score (nSPS) is 27.3. The van der Waals surface area contributed by atoms with E-state index < -0.39 is 8.72 Å². The number of hydrogen-bond acceptors (Lipinski definition) is 4. The number of nitrogens with one attached hydrogen (secondary N) is 4. The van der Waals surface area contributed by atoms with E-state index in [0.717, 1.165) is 0 Å². The molecule has 0 radical (unpaired) electrons. The van der Waals surface area contributed by atoms with Crippen molar-refractivity contribution >= 4 is 8.72 Å². The summed E-state index contributed by atoms with van der Waals surface area (Å²) in [6.45, 7) is 0. The molecule has 0 spiro atoms. The second-order valence-corrected chi connectivity index (χ2v) is 13.3. The molecule has 4 N–H and O–H groups in total. The third-order valence-corrected chi connectivity index (χ3v) is 11.5. The van der Waals surface area contributed by atoms with Gasteiger partial charge >= 0.3 is 8.72 Å². The molecule has 0 aliphatic heterocycles. The van der Waals surface area contributed by atoms with Crippen LogP contribution in [0.25, 0.3) is 0 Å². The second kappa shape index (κ2) is 11.6. The van der Waals surface area contributed by atoms with Crippen LogP contribution in [0.4, 0.5) is 0 Å². The molecular weight excluding hydrogens is 372 g/mol. The minimum Gasteiger partial charge on any atom is -0.298 e. The topological polar surface area (TPSA) is 48.1 Å². The highest BCUT2D eigenvalue weighted by molar-refractivity contribution is 6.70. The summed E-state index contributed by atoms with van der Waals surface area (Å²) in [5.41, 5.74) is 0. The van der Waals surface area contributed by atoms with Crippen LogP contribution in [-0.4, -0.2) is 32.9 Å². The Morgan fingerprint density at radius 2 is 0.517 bits per heavy atom. The molecule has 29 heavy (non-hydrogen) atoms. The summed E-state index contributed by atoms with van der Waals surface area (Å²) in [4.78, 5) is 17.3. The average molecular weight is 421 g/mol. The molecule has 0 aromatic carbocycles. The van der Waals surface area contributed by atoms with E-state index in [2.05, 4.69) is 19.9 Å². The fourth-order valence-electron chi connectivity index (χ4n) is 6.46. The highest BCUT2D eigenvalue weighted by Crippen LogP contribution is 2.24. The van der Waals surface area contributed by atoms with Crippen molar-refractivity contribution in [2.45, 2.75) is 153 Å². The van der Waals surface area contributed by atoms with Crippen molar-refractivity contribution in [2.24, 2.45) is 0 Å². The van der Waals surface area contributed by atoms with Gasteiger partial charge in [-0.2, -0.15) is 0 Å². The number of rotatable bonds is 8. The maximum absolute atomic E-state index is 4.32. The molecule has 4 aliphatic rings. The highest BCUT2D eigenvalue weighted by atomic mass is 28.4. The molecule has 4 aliphatic carbocycles. The van der Waals surface area contributed by atoms with Crippen LogP contribution >= 0.6 is 0 Å². The van der Waals surface area contributed by atoms with Gasteiger partial charge in [-0.25, -0.2) is 0 Å². The van der Waals surface area contributed by atoms with E-state index >= 15 is 0 Å². The Bertz CT molecular complexity index is 364. The smallest absolute Gasteiger partial charge is 0.298 e. The van der Waals surface area contributed by atoms with E-state index in [9.17, 15) is 0 Å². The van der Waals surface area contributed by atoms with Crippen molar-refractivity contribution in [1.82, 2.24) is 19.9 Å². The molecule has 4 saturated carbocycles. The van der Waals surface area contributed by atoms with Crippen LogP contribution in [0.5, 0.6) is 0 Å². The van der Waals surface area contributed by atoms with Gasteiger partial charge in [-0.15, -0.1) is 0 Å². The summed E-state index contributed by atoms with van der Waals surface area (Å²) in [6, 6.07) is 2.83. The van der Waals surface area contributed by atoms with Crippen LogP contribution in [0.15, 0.2) is 0 Å². The van der Waals surface area contributed by atoms with E-state index in [1.54, 1.807) is 0 Å². The molecular formula is C24H48N4Si. The van der Waals surface area contributed by atoms with E-state index in [1.807, 2.05) is 0 Å². The third-order valence-electron chi connectivity index (χ3n) is 8.10. The van der Waals surface area contributed by atoms with Gasteiger partial charge < -0.3 is 0 Å². The first-order chi connectivity index (χ1) is 14.3. The summed E-state index contributed by atoms with van der Waals surface area (Å²) in [6.07, 6.45) is 28.1. The van der Waals surface area contributed by atoms with Crippen LogP contribution in [-0.2, 0) is 0 Å². The predicted molar refractivity (Wildman–Crippen MR) is 126 cm³/mol. The van der Waals surface area contributed by atoms with Gasteiger partial charge in [-0.1, -0.05) is 77.0 Å². The Morgan fingerprint density at radius 3 is 0.724 bits per heavy atom. The molecule has 0 aromatic heterocycles. The zero-order valence-electron chi connectivity index (χ0n) is 19.0. The van der Waals surface area contributed by atoms with Crippen molar-refractivity contribution in [1.29, 1.82) is 0 Å². The standard InChI is InChI=1S/C24H48N4Si/c1-5-13-21(14-6-1)25-29(26-22-15-7-2-8-16-22,27-23-17-9-3-10-18-23)28-24-19-11-4-12-20-24/h21-28H,1-20H2. The minimum atomic E-state index is -2.15. The first-order valence-corrected chi connectivity index (χ1v) is 15.4. The summed E-state index contributed by atoms with van der Waals surface area (Å²) in [5.74, 6) is 0. The molecule has 0 atom stereocenters. The molecule has 0 saturated heterocycles. The molecule has 5 heteroatoms. The van der Waals surface area contributed by atoms with E-state index in [0.29, 0.717) is 24.2 Å². The van der Waals surface area contributed by atoms with Gasteiger partial charge in [0.25, 0.3) is 0 Å². The lowest BCUT2D eigenvalue weighted by Crippen LogP contribution is -2.86. The fourth-order valence-corrected chi connectivity index (χ4v) is 10.6. The lowest BCUT2D eigenvalue weighted by atomic mass is 9.96. The zero-order chi connectivity index (χ0) is 19.8. The maximum atomic E-state index is 4.32. The van der Waals surface area contributed by atoms with Crippen molar-refractivity contribution in [3.8, 4) is 0 Å². The van der Waals surface area contributed by atoms with Gasteiger partial charge in [-0.3, -0.25) is 19.9 Å². The highest BCUT2D eigenvalue weighted by Gasteiger charge is 2.43. The van der Waals surface area contributed by atoms with Crippen LogP contribution < -0.4 is 19.9 Å². The molecule has 0 unspecified atom stereocenters. The van der Waals surface area contributed by atoms with Crippen LogP contribution in [0, 0.1) is 0 Å². The van der Waals surface area contributed by atoms with Crippen LogP contribution in [0.2, 0.25) is 0 Å². The molecule has 4 rings (SSSR count). The zero-order valence-corrected chi connectivity index (χ0v) is 20.0. The largest absolute Gasteiger partial charge is 0.366 e. The van der Waals surface area contributed by atoms with Crippen molar-refractivity contribution in [2.75, 3.05) is 0 Å². The lowest BCUT2D eigenvalue weighted by Gasteiger charge is -2.46. The Labute approximate surface area is 181 Å². The number of hydrogen-bond donors (Lipinski definition) is 4. The minimum absolute atomic E-state index is 0.707. The van der Waals surface area contributed by atoms with E-state index in [1.165, 1.54) is 128 Å². The van der Waals surface area contributed by atoms with Crippen molar-refractivity contribution in [3.63, 3.8) is 0 Å². The molecule has 0 aromatic rings. The third kappa shape index (κ3) is 7.03. The maximum Gasteiger partial charge on any atom is 0.366 e. The Morgan fingerprint density at radius 1 is 0.310 bits per heavy atom. The van der Waals surface area contributed by atoms with Crippen molar-refractivity contribution in [3.05, 3.63) is 0 Å². The first kappa shape index (κ1) is 22.3. The van der Waals surface area contributed by atoms with Gasteiger partial charge in [0, 0.05) is 24.2 Å². The van der Waals surface area contributed by atoms with Gasteiger partial charge in [0.1, 0.15) is 0 Å². The van der Waals surface area contributed by atoms with E-state index in [4.69, 9.17) is 0 Å². The van der Waals surface area contributed by atoms with Crippen LogP contribution in [0.1, 0.15) is 128 Å². The van der Waals surface area contributed by atoms with Gasteiger partial charge in [-0.05, 0) is 51.4 Å². The summed E-state index contributed by atoms with van der Waals surface area (Å²) < 4.78 is 0. The average Bonchev–Trinajstić information content (AvgIpc) is 2.76. The summed E-state index contributed by atoms with van der Waals surface area (Å²) in [7, 11) is -2.15. The lowest BCUT2D eigenvalue weighted by molar-refractivity contribution is 0.342.